The molecule has 0 spiro atoms. The average molecular weight is 301 g/mol. The monoisotopic (exact) mass is 301 g/mol. The molecule has 0 aliphatic heterocycles. The van der Waals surface area contributed by atoms with Crippen molar-refractivity contribution in [3.63, 3.8) is 0 Å². The van der Waals surface area contributed by atoms with Crippen LogP contribution in [-0.4, -0.2) is 23.9 Å². The Kier molecular flexibility index (Phi) is 4.91. The standard InChI is InChI=1S/C17H19NO2S/c1-4-21-15-11-7-10-14(16(15)17(19)20)18(3)13-9-6-5-8-12(13)2/h5-11H,4H2,1-3H3,(H,19,20). The minimum Gasteiger partial charge on any atom is -0.478 e. The van der Waals surface area contributed by atoms with Gasteiger partial charge in [0.15, 0.2) is 0 Å². The van der Waals surface area contributed by atoms with Crippen LogP contribution in [0.5, 0.6) is 0 Å². The second-order valence-electron chi connectivity index (χ2n) is 4.73. The lowest BCUT2D eigenvalue weighted by atomic mass is 10.1. The number of benzene rings is 2. The van der Waals surface area contributed by atoms with E-state index in [0.717, 1.165) is 27.6 Å². The third-order valence-electron chi connectivity index (χ3n) is 3.36. The summed E-state index contributed by atoms with van der Waals surface area (Å²) in [7, 11) is 1.91. The molecule has 0 aromatic heterocycles. The van der Waals surface area contributed by atoms with Gasteiger partial charge in [-0.25, -0.2) is 4.79 Å². The lowest BCUT2D eigenvalue weighted by Gasteiger charge is -2.24. The molecule has 0 heterocycles. The third-order valence-corrected chi connectivity index (χ3v) is 4.30. The molecule has 0 atom stereocenters. The maximum atomic E-state index is 11.7. The van der Waals surface area contributed by atoms with Crippen LogP contribution in [0.2, 0.25) is 0 Å². The molecule has 2 aromatic carbocycles. The van der Waals surface area contributed by atoms with Gasteiger partial charge in [0.05, 0.1) is 11.3 Å². The molecular formula is C17H19NO2S. The molecule has 4 heteroatoms. The van der Waals surface area contributed by atoms with Gasteiger partial charge in [-0.3, -0.25) is 0 Å². The molecule has 0 bridgehead atoms. The number of para-hydroxylation sites is 1. The lowest BCUT2D eigenvalue weighted by molar-refractivity contribution is 0.0694. The van der Waals surface area contributed by atoms with E-state index in [1.165, 1.54) is 0 Å². The van der Waals surface area contributed by atoms with Crippen LogP contribution in [-0.2, 0) is 0 Å². The van der Waals surface area contributed by atoms with Crippen LogP contribution in [0, 0.1) is 6.92 Å². The molecular weight excluding hydrogens is 282 g/mol. The van der Waals surface area contributed by atoms with E-state index in [1.807, 2.05) is 68.3 Å². The summed E-state index contributed by atoms with van der Waals surface area (Å²) in [5.74, 6) is -0.0420. The molecule has 21 heavy (non-hydrogen) atoms. The second kappa shape index (κ2) is 6.68. The number of carboxylic acids is 1. The fraction of sp³-hybridized carbons (Fsp3) is 0.235. The van der Waals surface area contributed by atoms with E-state index in [9.17, 15) is 9.90 Å². The number of aromatic carboxylic acids is 1. The quantitative estimate of drug-likeness (QED) is 0.821. The Morgan fingerprint density at radius 2 is 1.81 bits per heavy atom. The number of hydrogen-bond acceptors (Lipinski definition) is 3. The zero-order chi connectivity index (χ0) is 15.4. The fourth-order valence-corrected chi connectivity index (χ4v) is 3.18. The Morgan fingerprint density at radius 1 is 1.14 bits per heavy atom. The topological polar surface area (TPSA) is 40.5 Å². The van der Waals surface area contributed by atoms with Gasteiger partial charge in [-0.05, 0) is 36.4 Å². The van der Waals surface area contributed by atoms with Crippen molar-refractivity contribution in [3.05, 3.63) is 53.6 Å². The van der Waals surface area contributed by atoms with Crippen molar-refractivity contribution < 1.29 is 9.90 Å². The number of carboxylic acid groups (broad SMARTS) is 1. The maximum absolute atomic E-state index is 11.7. The first-order chi connectivity index (χ1) is 10.1. The molecule has 110 valence electrons. The van der Waals surface area contributed by atoms with Crippen LogP contribution >= 0.6 is 11.8 Å². The Bertz CT molecular complexity index is 655. The van der Waals surface area contributed by atoms with Gasteiger partial charge in [0.1, 0.15) is 0 Å². The van der Waals surface area contributed by atoms with Crippen LogP contribution in [0.25, 0.3) is 0 Å². The number of hydrogen-bond donors (Lipinski definition) is 1. The van der Waals surface area contributed by atoms with E-state index in [0.29, 0.717) is 5.56 Å². The first-order valence-corrected chi connectivity index (χ1v) is 7.83. The van der Waals surface area contributed by atoms with E-state index in [4.69, 9.17) is 0 Å². The summed E-state index contributed by atoms with van der Waals surface area (Å²) in [5.41, 5.74) is 3.22. The predicted octanol–water partition coefficient (Wildman–Crippen LogP) is 4.57. The summed E-state index contributed by atoms with van der Waals surface area (Å²) in [6.45, 7) is 4.05. The van der Waals surface area contributed by atoms with E-state index < -0.39 is 5.97 Å². The Balaban J connectivity index is 2.55. The Labute approximate surface area is 129 Å². The Hall–Kier alpha value is -1.94. The van der Waals surface area contributed by atoms with Crippen LogP contribution in [0.1, 0.15) is 22.8 Å². The van der Waals surface area contributed by atoms with Crippen LogP contribution < -0.4 is 4.90 Å². The zero-order valence-electron chi connectivity index (χ0n) is 12.5. The van der Waals surface area contributed by atoms with Gasteiger partial charge in [0.25, 0.3) is 0 Å². The number of aryl methyl sites for hydroxylation is 1. The normalized spacial score (nSPS) is 10.4. The highest BCUT2D eigenvalue weighted by atomic mass is 32.2. The smallest absolute Gasteiger partial charge is 0.338 e. The number of nitrogens with zero attached hydrogens (tertiary/aromatic N) is 1. The van der Waals surface area contributed by atoms with Gasteiger partial charge in [0.2, 0.25) is 0 Å². The van der Waals surface area contributed by atoms with E-state index >= 15 is 0 Å². The van der Waals surface area contributed by atoms with Gasteiger partial charge < -0.3 is 10.0 Å². The molecule has 0 aliphatic carbocycles. The molecule has 0 fully saturated rings. The summed E-state index contributed by atoms with van der Waals surface area (Å²) >= 11 is 1.55. The van der Waals surface area contributed by atoms with E-state index in [-0.39, 0.29) is 0 Å². The highest BCUT2D eigenvalue weighted by molar-refractivity contribution is 7.99. The SMILES string of the molecule is CCSc1cccc(N(C)c2ccccc2C)c1C(=O)O. The predicted molar refractivity (Wildman–Crippen MR) is 89.0 cm³/mol. The zero-order valence-corrected chi connectivity index (χ0v) is 13.3. The highest BCUT2D eigenvalue weighted by Gasteiger charge is 2.19. The van der Waals surface area contributed by atoms with Gasteiger partial charge in [0, 0.05) is 17.6 Å². The fourth-order valence-electron chi connectivity index (χ4n) is 2.36. The molecule has 0 unspecified atom stereocenters. The van der Waals surface area contributed by atoms with Gasteiger partial charge in [-0.15, -0.1) is 11.8 Å². The summed E-state index contributed by atoms with van der Waals surface area (Å²) in [5, 5.41) is 9.60. The number of anilines is 2. The molecule has 0 saturated heterocycles. The molecule has 2 aromatic rings. The average Bonchev–Trinajstić information content (AvgIpc) is 2.47. The maximum Gasteiger partial charge on any atom is 0.338 e. The minimum atomic E-state index is -0.887. The first-order valence-electron chi connectivity index (χ1n) is 6.84. The van der Waals surface area contributed by atoms with Crippen molar-refractivity contribution >= 4 is 29.1 Å². The van der Waals surface area contributed by atoms with Crippen molar-refractivity contribution in [2.75, 3.05) is 17.7 Å². The largest absolute Gasteiger partial charge is 0.478 e. The van der Waals surface area contributed by atoms with Crippen molar-refractivity contribution in [2.24, 2.45) is 0 Å². The van der Waals surface area contributed by atoms with Crippen LogP contribution in [0.3, 0.4) is 0 Å². The van der Waals surface area contributed by atoms with Gasteiger partial charge in [-0.1, -0.05) is 31.2 Å². The summed E-state index contributed by atoms with van der Waals surface area (Å²) in [4.78, 5) is 14.4. The number of thioether (sulfide) groups is 1. The van der Waals surface area contributed by atoms with Crippen molar-refractivity contribution in [2.45, 2.75) is 18.7 Å². The molecule has 0 saturated carbocycles. The number of rotatable bonds is 5. The Morgan fingerprint density at radius 3 is 2.43 bits per heavy atom. The lowest BCUT2D eigenvalue weighted by Crippen LogP contribution is -2.15. The van der Waals surface area contributed by atoms with E-state index in [1.54, 1.807) is 11.8 Å². The van der Waals surface area contributed by atoms with E-state index in [2.05, 4.69) is 0 Å². The highest BCUT2D eigenvalue weighted by Crippen LogP contribution is 2.34. The van der Waals surface area contributed by atoms with Crippen molar-refractivity contribution in [1.29, 1.82) is 0 Å². The van der Waals surface area contributed by atoms with Crippen LogP contribution in [0.4, 0.5) is 11.4 Å². The molecule has 0 radical (unpaired) electrons. The summed E-state index contributed by atoms with van der Waals surface area (Å²) in [6.07, 6.45) is 0. The molecule has 0 amide bonds. The molecule has 0 aliphatic rings. The second-order valence-corrected chi connectivity index (χ2v) is 6.04. The van der Waals surface area contributed by atoms with Gasteiger partial charge in [-0.2, -0.15) is 0 Å². The molecule has 3 nitrogen and oxygen atoms in total. The summed E-state index contributed by atoms with van der Waals surface area (Å²) < 4.78 is 0. The van der Waals surface area contributed by atoms with Crippen molar-refractivity contribution in [3.8, 4) is 0 Å². The van der Waals surface area contributed by atoms with Crippen molar-refractivity contribution in [1.82, 2.24) is 0 Å². The third kappa shape index (κ3) is 3.22. The van der Waals surface area contributed by atoms with Gasteiger partial charge >= 0.3 is 5.97 Å². The summed E-state index contributed by atoms with van der Waals surface area (Å²) in [6, 6.07) is 13.6. The molecule has 1 N–H and O–H groups in total. The first kappa shape index (κ1) is 15.4. The molecule has 2 rings (SSSR count). The van der Waals surface area contributed by atoms with Crippen LogP contribution in [0.15, 0.2) is 47.4 Å². The number of carbonyl (C=O) groups is 1. The minimum absolute atomic E-state index is 0.370.